The Kier molecular flexibility index (Phi) is 16.0. The minimum absolute atomic E-state index is 1.10. The van der Waals surface area contributed by atoms with E-state index in [0.717, 1.165) is 12.8 Å². The van der Waals surface area contributed by atoms with Crippen molar-refractivity contribution in [3.05, 3.63) is 43.6 Å². The second kappa shape index (κ2) is 15.9. The van der Waals surface area contributed by atoms with E-state index in [-0.39, 0.29) is 0 Å². The summed E-state index contributed by atoms with van der Waals surface area (Å²) in [7, 11) is 0. The van der Waals surface area contributed by atoms with Gasteiger partial charge in [0.15, 0.2) is 0 Å². The van der Waals surface area contributed by atoms with Gasteiger partial charge in [-0.1, -0.05) is 0 Å². The molecule has 0 aliphatic heterocycles. The van der Waals surface area contributed by atoms with E-state index in [1.54, 1.807) is 7.18 Å². The van der Waals surface area contributed by atoms with Crippen LogP contribution in [0.3, 0.4) is 0 Å². The third kappa shape index (κ3) is 15.0. The van der Waals surface area contributed by atoms with Crippen LogP contribution in [0.1, 0.15) is 65.2 Å². The molecule has 0 unspecified atom stereocenters. The van der Waals surface area contributed by atoms with Crippen LogP contribution in [-0.2, 0) is 0 Å². The van der Waals surface area contributed by atoms with E-state index >= 15 is 0 Å². The van der Waals surface area contributed by atoms with Gasteiger partial charge in [0.25, 0.3) is 0 Å². The summed E-state index contributed by atoms with van der Waals surface area (Å²) in [6.45, 7) is 4.54. The Morgan fingerprint density at radius 2 is 1.00 bits per heavy atom. The molecule has 0 saturated carbocycles. The van der Waals surface area contributed by atoms with Gasteiger partial charge in [-0.3, -0.25) is 0 Å². The van der Waals surface area contributed by atoms with Crippen LogP contribution in [0.15, 0.2) is 43.6 Å². The molecule has 0 N–H and O–H groups in total. The molecule has 0 saturated heterocycles. The van der Waals surface area contributed by atoms with Gasteiger partial charge in [0.1, 0.15) is 0 Å². The average Bonchev–Trinajstić information content (AvgIpc) is 2.59. The zero-order valence-electron chi connectivity index (χ0n) is 20.1. The van der Waals surface area contributed by atoms with Crippen LogP contribution in [-0.4, -0.2) is 36.8 Å². The summed E-state index contributed by atoms with van der Waals surface area (Å²) >= 11 is -3.92. The fourth-order valence-electron chi connectivity index (χ4n) is 2.94. The van der Waals surface area contributed by atoms with Gasteiger partial charge in [0.2, 0.25) is 0 Å². The summed E-state index contributed by atoms with van der Waals surface area (Å²) in [5.41, 5.74) is 0. The Morgan fingerprint density at radius 3 is 1.29 bits per heavy atom. The first-order valence-corrected chi connectivity index (χ1v) is 31.3. The molecule has 2 heteroatoms. The molecule has 0 atom stereocenters. The molecule has 0 aliphatic carbocycles. The van der Waals surface area contributed by atoms with E-state index in [1.165, 1.54) is 38.5 Å². The van der Waals surface area contributed by atoms with Gasteiger partial charge in [-0.15, -0.1) is 0 Å². The van der Waals surface area contributed by atoms with Crippen molar-refractivity contribution in [3.63, 3.8) is 0 Å². The maximum atomic E-state index is 3.20. The summed E-state index contributed by atoms with van der Waals surface area (Å²) in [6, 6.07) is 0. The molecular weight excluding hydrogens is 550 g/mol. The first kappa shape index (κ1) is 28.1. The average molecular weight is 596 g/mol. The summed E-state index contributed by atoms with van der Waals surface area (Å²) in [5, 5.41) is 0. The normalized spacial score (nSPS) is 14.0. The van der Waals surface area contributed by atoms with E-state index in [2.05, 4.69) is 91.8 Å². The van der Waals surface area contributed by atoms with Crippen LogP contribution in [0.5, 0.6) is 0 Å². The van der Waals surface area contributed by atoms with Crippen LogP contribution in [0.2, 0.25) is 29.6 Å². The monoisotopic (exact) mass is 598 g/mol. The van der Waals surface area contributed by atoms with E-state index in [1.807, 2.05) is 0 Å². The quantitative estimate of drug-likeness (QED) is 0.120. The van der Waals surface area contributed by atoms with Gasteiger partial charge < -0.3 is 0 Å². The molecule has 0 aromatic heterocycles. The Bertz CT molecular complexity index is 541. The molecule has 28 heavy (non-hydrogen) atoms. The summed E-state index contributed by atoms with van der Waals surface area (Å²) in [6.07, 6.45) is 23.6. The number of rotatable bonds is 12. The van der Waals surface area contributed by atoms with E-state index in [4.69, 9.17) is 0 Å². The van der Waals surface area contributed by atoms with Crippen LogP contribution in [0.4, 0.5) is 0 Å². The minimum atomic E-state index is -1.96. The van der Waals surface area contributed by atoms with Crippen LogP contribution >= 0.6 is 0 Å². The molecule has 0 rings (SSSR count). The second-order valence-corrected chi connectivity index (χ2v) is 39.1. The van der Waals surface area contributed by atoms with Crippen LogP contribution in [0, 0.1) is 11.8 Å². The first-order valence-electron chi connectivity index (χ1n) is 11.3. The van der Waals surface area contributed by atoms with Crippen molar-refractivity contribution in [3.8, 4) is 11.8 Å². The number of unbranched alkanes of at least 4 members (excludes halogenated alkanes) is 4. The molecule has 0 aliphatic rings. The SMILES string of the molecule is CCCC/C=[C](\C/C=C\C#C/C=C\C/[C](=C\CCCC)[Sn]([CH3])([CH3])[CH3])[Sn]([CH3])([CH3])[CH3]. The predicted molar refractivity (Wildman–Crippen MR) is 137 cm³/mol. The van der Waals surface area contributed by atoms with Crippen molar-refractivity contribution in [2.24, 2.45) is 0 Å². The fourth-order valence-corrected chi connectivity index (χ4v) is 11.4. The molecule has 0 radical (unpaired) electrons. The number of hydrogen-bond donors (Lipinski definition) is 0. The third-order valence-electron chi connectivity index (χ3n) is 4.98. The van der Waals surface area contributed by atoms with E-state index < -0.39 is 36.8 Å². The molecular formula is C26H46Sn2. The van der Waals surface area contributed by atoms with E-state index in [0.29, 0.717) is 0 Å². The van der Waals surface area contributed by atoms with Gasteiger partial charge in [-0.05, 0) is 0 Å². The zero-order chi connectivity index (χ0) is 21.5. The van der Waals surface area contributed by atoms with Crippen LogP contribution < -0.4 is 0 Å². The van der Waals surface area contributed by atoms with Crippen molar-refractivity contribution in [2.45, 2.75) is 94.9 Å². The summed E-state index contributed by atoms with van der Waals surface area (Å²) in [5.74, 6) is 6.40. The third-order valence-corrected chi connectivity index (χ3v) is 18.3. The molecule has 0 fully saturated rings. The van der Waals surface area contributed by atoms with Crippen molar-refractivity contribution in [1.82, 2.24) is 0 Å². The van der Waals surface area contributed by atoms with Crippen molar-refractivity contribution < 1.29 is 0 Å². The predicted octanol–water partition coefficient (Wildman–Crippen LogP) is 8.87. The molecule has 0 aromatic carbocycles. The zero-order valence-corrected chi connectivity index (χ0v) is 25.8. The van der Waals surface area contributed by atoms with Gasteiger partial charge in [0, 0.05) is 0 Å². The molecule has 0 amide bonds. The van der Waals surface area contributed by atoms with Gasteiger partial charge in [-0.2, -0.15) is 0 Å². The first-order chi connectivity index (χ1) is 13.1. The topological polar surface area (TPSA) is 0 Å². The van der Waals surface area contributed by atoms with Gasteiger partial charge in [0.05, 0.1) is 0 Å². The summed E-state index contributed by atoms with van der Waals surface area (Å²) < 4.78 is 3.46. The van der Waals surface area contributed by atoms with E-state index in [9.17, 15) is 0 Å². The Labute approximate surface area is 185 Å². The maximum absolute atomic E-state index is 3.20. The molecule has 0 nitrogen and oxygen atoms in total. The van der Waals surface area contributed by atoms with Crippen molar-refractivity contribution in [1.29, 1.82) is 0 Å². The van der Waals surface area contributed by atoms with Crippen molar-refractivity contribution >= 4 is 36.8 Å². The molecule has 0 bridgehead atoms. The Hall–Kier alpha value is 0.117. The molecule has 0 heterocycles. The molecule has 0 spiro atoms. The second-order valence-electron chi connectivity index (χ2n) is 9.74. The molecule has 158 valence electrons. The van der Waals surface area contributed by atoms with Crippen molar-refractivity contribution in [2.75, 3.05) is 0 Å². The molecule has 0 aromatic rings. The fraction of sp³-hybridized carbons (Fsp3) is 0.615. The van der Waals surface area contributed by atoms with Crippen LogP contribution in [0.25, 0.3) is 0 Å². The summed E-state index contributed by atoms with van der Waals surface area (Å²) in [4.78, 5) is 15.1. The Morgan fingerprint density at radius 1 is 0.643 bits per heavy atom. The standard InChI is InChI=1S/C20H28.6CH3.2Sn/c1-3-5-7-9-11-13-15-17-19-20-18-16-14-12-10-8-6-4-2;;;;;;;;/h9-10,15-18H,3-8,13-14H2,1-2H3;6*1H3;;/b11-9?,12-10?,17-15-,18-16-;;;;;;;;. The number of hydrogen-bond acceptors (Lipinski definition) is 0. The van der Waals surface area contributed by atoms with Gasteiger partial charge in [-0.25, -0.2) is 0 Å². The number of allylic oxidation sites excluding steroid dienone is 8. The van der Waals surface area contributed by atoms with Gasteiger partial charge >= 0.3 is 187 Å². The Balaban J connectivity index is 4.67.